The number of carbonyl (C=O) groups excluding carboxylic acids is 1. The summed E-state index contributed by atoms with van der Waals surface area (Å²) in [6.45, 7) is 0. The van der Waals surface area contributed by atoms with Crippen molar-refractivity contribution in [3.05, 3.63) is 107 Å². The number of Topliss-reactive ketones (excluding diaryl/α,β-unsaturated/α-hetero) is 1. The van der Waals surface area contributed by atoms with Crippen molar-refractivity contribution in [1.29, 1.82) is 0 Å². The van der Waals surface area contributed by atoms with Gasteiger partial charge in [0.25, 0.3) is 0 Å². The summed E-state index contributed by atoms with van der Waals surface area (Å²) >= 11 is 0. The molecule has 8 nitrogen and oxygen atoms in total. The smallest absolute Gasteiger partial charge is 0.200 e. The number of aryl methyl sites for hydroxylation is 1. The van der Waals surface area contributed by atoms with E-state index in [4.69, 9.17) is 14.2 Å². The first-order valence-electron chi connectivity index (χ1n) is 12.0. The van der Waals surface area contributed by atoms with Gasteiger partial charge in [0, 0.05) is 48.3 Å². The van der Waals surface area contributed by atoms with Gasteiger partial charge in [0.15, 0.2) is 22.7 Å². The molecule has 0 aliphatic carbocycles. The van der Waals surface area contributed by atoms with Gasteiger partial charge in [-0.3, -0.25) is 19.6 Å². The number of carbonyl (C=O) groups is 1. The van der Waals surface area contributed by atoms with Crippen molar-refractivity contribution in [2.24, 2.45) is 7.05 Å². The van der Waals surface area contributed by atoms with Crippen LogP contribution in [0.2, 0.25) is 0 Å². The Morgan fingerprint density at radius 1 is 0.923 bits per heavy atom. The van der Waals surface area contributed by atoms with Crippen molar-refractivity contribution in [3.8, 4) is 34.1 Å². The average Bonchev–Trinajstić information content (AvgIpc) is 2.95. The number of ketones is 1. The van der Waals surface area contributed by atoms with Gasteiger partial charge < -0.3 is 18.8 Å². The Morgan fingerprint density at radius 3 is 2.36 bits per heavy atom. The van der Waals surface area contributed by atoms with E-state index < -0.39 is 11.2 Å². The second kappa shape index (κ2) is 10.7. The van der Waals surface area contributed by atoms with Crippen LogP contribution in [0.1, 0.15) is 16.1 Å². The summed E-state index contributed by atoms with van der Waals surface area (Å²) in [5.41, 5.74) is 1.62. The standard InChI is InChI=1S/C30H24FN3O5/c1-34-16-23(18-4-6-19(31)7-5-18)30(36)24(17-34)26(35)12-20-8-9-21(15-33-20)39-27-10-11-32-25-14-29(38-3)28(37-2)13-22(25)27/h4-11,13-17H,12H2,1-3H3. The van der Waals surface area contributed by atoms with Gasteiger partial charge in [-0.2, -0.15) is 0 Å². The summed E-state index contributed by atoms with van der Waals surface area (Å²) in [5, 5.41) is 0.728. The Kier molecular flexibility index (Phi) is 7.05. The van der Waals surface area contributed by atoms with Gasteiger partial charge >= 0.3 is 0 Å². The van der Waals surface area contributed by atoms with Crippen LogP contribution < -0.4 is 19.6 Å². The van der Waals surface area contributed by atoms with Crippen molar-refractivity contribution in [3.63, 3.8) is 0 Å². The van der Waals surface area contributed by atoms with Gasteiger partial charge in [-0.1, -0.05) is 12.1 Å². The van der Waals surface area contributed by atoms with Crippen LogP contribution in [0, 0.1) is 5.82 Å². The Balaban J connectivity index is 1.36. The third kappa shape index (κ3) is 5.33. The van der Waals surface area contributed by atoms with Gasteiger partial charge in [0.1, 0.15) is 17.3 Å². The lowest BCUT2D eigenvalue weighted by molar-refractivity contribution is 0.0990. The molecule has 5 rings (SSSR count). The van der Waals surface area contributed by atoms with Gasteiger partial charge in [-0.15, -0.1) is 0 Å². The minimum absolute atomic E-state index is 0.0362. The molecule has 0 amide bonds. The fourth-order valence-electron chi connectivity index (χ4n) is 4.24. The molecule has 5 aromatic rings. The SMILES string of the molecule is COc1cc2nccc(Oc3ccc(CC(=O)c4cn(C)cc(-c5ccc(F)cc5)c4=O)nc3)c2cc1OC. The number of ether oxygens (including phenoxy) is 3. The molecule has 39 heavy (non-hydrogen) atoms. The van der Waals surface area contributed by atoms with E-state index in [9.17, 15) is 14.0 Å². The highest BCUT2D eigenvalue weighted by atomic mass is 19.1. The molecular weight excluding hydrogens is 501 g/mol. The zero-order chi connectivity index (χ0) is 27.5. The van der Waals surface area contributed by atoms with Gasteiger partial charge in [0.05, 0.1) is 37.9 Å². The first-order chi connectivity index (χ1) is 18.9. The van der Waals surface area contributed by atoms with E-state index in [0.717, 1.165) is 5.39 Å². The minimum atomic E-state index is -0.415. The zero-order valence-electron chi connectivity index (χ0n) is 21.5. The van der Waals surface area contributed by atoms with E-state index >= 15 is 0 Å². The molecule has 0 saturated heterocycles. The summed E-state index contributed by atoms with van der Waals surface area (Å²) in [7, 11) is 4.84. The summed E-state index contributed by atoms with van der Waals surface area (Å²) in [6, 6.07) is 14.2. The molecule has 0 aliphatic heterocycles. The summed E-state index contributed by atoms with van der Waals surface area (Å²) < 4.78 is 31.8. The Labute approximate surface area is 223 Å². The first kappa shape index (κ1) is 25.6. The maximum atomic E-state index is 13.3. The predicted molar refractivity (Wildman–Crippen MR) is 144 cm³/mol. The second-order valence-corrected chi connectivity index (χ2v) is 8.81. The number of halogens is 1. The van der Waals surface area contributed by atoms with Gasteiger partial charge in [-0.25, -0.2) is 4.39 Å². The van der Waals surface area contributed by atoms with Crippen molar-refractivity contribution in [2.75, 3.05) is 14.2 Å². The van der Waals surface area contributed by atoms with E-state index in [1.165, 1.54) is 36.7 Å². The fourth-order valence-corrected chi connectivity index (χ4v) is 4.24. The van der Waals surface area contributed by atoms with Gasteiger partial charge in [-0.05, 0) is 42.0 Å². The van der Waals surface area contributed by atoms with E-state index in [2.05, 4.69) is 9.97 Å². The van der Waals surface area contributed by atoms with Crippen molar-refractivity contribution >= 4 is 16.7 Å². The molecule has 0 fully saturated rings. The number of aromatic nitrogens is 3. The van der Waals surface area contributed by atoms with Crippen LogP contribution in [0.5, 0.6) is 23.0 Å². The van der Waals surface area contributed by atoms with Crippen LogP contribution in [-0.4, -0.2) is 34.5 Å². The first-order valence-corrected chi connectivity index (χ1v) is 12.0. The molecule has 0 N–H and O–H groups in total. The molecule has 0 unspecified atom stereocenters. The number of rotatable bonds is 8. The molecule has 0 spiro atoms. The van der Waals surface area contributed by atoms with Crippen LogP contribution in [0.3, 0.4) is 0 Å². The van der Waals surface area contributed by atoms with E-state index in [-0.39, 0.29) is 17.8 Å². The Morgan fingerprint density at radius 2 is 1.67 bits per heavy atom. The van der Waals surface area contributed by atoms with Crippen LogP contribution in [0.25, 0.3) is 22.0 Å². The topological polar surface area (TPSA) is 92.5 Å². The molecule has 0 saturated carbocycles. The molecule has 9 heteroatoms. The monoisotopic (exact) mass is 525 g/mol. The molecule has 2 aromatic carbocycles. The van der Waals surface area contributed by atoms with E-state index in [1.807, 2.05) is 0 Å². The van der Waals surface area contributed by atoms with E-state index in [0.29, 0.717) is 45.3 Å². The number of benzene rings is 2. The number of pyridine rings is 3. The van der Waals surface area contributed by atoms with Crippen LogP contribution in [0.15, 0.2) is 84.2 Å². The largest absolute Gasteiger partial charge is 0.493 e. The predicted octanol–water partition coefficient (Wildman–Crippen LogP) is 5.37. The average molecular weight is 526 g/mol. The number of hydrogen-bond donors (Lipinski definition) is 0. The minimum Gasteiger partial charge on any atom is -0.493 e. The highest BCUT2D eigenvalue weighted by Gasteiger charge is 2.17. The highest BCUT2D eigenvalue weighted by molar-refractivity contribution is 5.98. The number of nitrogens with zero attached hydrogens (tertiary/aromatic N) is 3. The fraction of sp³-hybridized carbons (Fsp3) is 0.133. The summed E-state index contributed by atoms with van der Waals surface area (Å²) in [6.07, 6.45) is 6.18. The molecule has 0 bridgehead atoms. The molecular formula is C30H24FN3O5. The number of fused-ring (bicyclic) bond motifs is 1. The Bertz CT molecular complexity index is 1730. The van der Waals surface area contributed by atoms with E-state index in [1.54, 1.807) is 68.6 Å². The van der Waals surface area contributed by atoms with Crippen molar-refractivity contribution in [1.82, 2.24) is 14.5 Å². The zero-order valence-corrected chi connectivity index (χ0v) is 21.5. The summed E-state index contributed by atoms with van der Waals surface area (Å²) in [4.78, 5) is 34.9. The maximum Gasteiger partial charge on any atom is 0.200 e. The lowest BCUT2D eigenvalue weighted by Crippen LogP contribution is -2.20. The highest BCUT2D eigenvalue weighted by Crippen LogP contribution is 2.36. The van der Waals surface area contributed by atoms with Crippen LogP contribution in [-0.2, 0) is 13.5 Å². The number of methoxy groups -OCH3 is 2. The quantitative estimate of drug-likeness (QED) is 0.252. The normalized spacial score (nSPS) is 10.9. The summed E-state index contributed by atoms with van der Waals surface area (Å²) in [5.74, 6) is 1.34. The Hall–Kier alpha value is -5.05. The second-order valence-electron chi connectivity index (χ2n) is 8.81. The van der Waals surface area contributed by atoms with Crippen molar-refractivity contribution in [2.45, 2.75) is 6.42 Å². The molecule has 196 valence electrons. The lowest BCUT2D eigenvalue weighted by Gasteiger charge is -2.12. The molecule has 0 aliphatic rings. The lowest BCUT2D eigenvalue weighted by atomic mass is 10.0. The molecule has 3 heterocycles. The maximum absolute atomic E-state index is 13.3. The molecule has 0 atom stereocenters. The molecule has 0 radical (unpaired) electrons. The van der Waals surface area contributed by atoms with Crippen molar-refractivity contribution < 1.29 is 23.4 Å². The number of hydrogen-bond acceptors (Lipinski definition) is 7. The third-order valence-corrected chi connectivity index (χ3v) is 6.18. The molecule has 3 aromatic heterocycles. The van der Waals surface area contributed by atoms with Crippen LogP contribution >= 0.6 is 0 Å². The third-order valence-electron chi connectivity index (χ3n) is 6.18. The van der Waals surface area contributed by atoms with Crippen LogP contribution in [0.4, 0.5) is 4.39 Å². The van der Waals surface area contributed by atoms with Gasteiger partial charge in [0.2, 0.25) is 0 Å².